The van der Waals surface area contributed by atoms with Crippen molar-refractivity contribution in [1.29, 1.82) is 0 Å². The Bertz CT molecular complexity index is 490. The van der Waals surface area contributed by atoms with Crippen molar-refractivity contribution in [2.24, 2.45) is 0 Å². The average molecular weight is 304 g/mol. The predicted octanol–water partition coefficient (Wildman–Crippen LogP) is 1.44. The third-order valence-electron chi connectivity index (χ3n) is 3.18. The molecule has 0 amide bonds. The molecule has 0 spiro atoms. The van der Waals surface area contributed by atoms with Crippen LogP contribution in [0.1, 0.15) is 5.56 Å². The maximum Gasteiger partial charge on any atom is 0.573 e. The number of hydrogen-bond donors (Lipinski definition) is 2. The molecule has 5 nitrogen and oxygen atoms in total. The van der Waals surface area contributed by atoms with Gasteiger partial charge in [-0.1, -0.05) is 12.1 Å². The summed E-state index contributed by atoms with van der Waals surface area (Å²) in [5.74, 6) is -1.21. The lowest BCUT2D eigenvalue weighted by atomic mass is 10.1. The molecule has 1 atom stereocenters. The third kappa shape index (κ3) is 4.61. The van der Waals surface area contributed by atoms with E-state index in [1.807, 2.05) is 0 Å². The van der Waals surface area contributed by atoms with Gasteiger partial charge in [0.25, 0.3) is 0 Å². The smallest absolute Gasteiger partial charge is 0.480 e. The number of carboxylic acid groups (broad SMARTS) is 1. The highest BCUT2D eigenvalue weighted by molar-refractivity contribution is 5.74. The van der Waals surface area contributed by atoms with Crippen molar-refractivity contribution in [1.82, 2.24) is 10.2 Å². The van der Waals surface area contributed by atoms with Crippen molar-refractivity contribution in [3.8, 4) is 5.75 Å². The molecule has 2 rings (SSSR count). The van der Waals surface area contributed by atoms with Crippen molar-refractivity contribution in [2.45, 2.75) is 18.9 Å². The number of hydrogen-bond acceptors (Lipinski definition) is 4. The number of nitrogens with one attached hydrogen (secondary N) is 1. The van der Waals surface area contributed by atoms with E-state index in [-0.39, 0.29) is 5.75 Å². The van der Waals surface area contributed by atoms with E-state index in [1.165, 1.54) is 24.3 Å². The van der Waals surface area contributed by atoms with Crippen LogP contribution in [0, 0.1) is 0 Å². The molecule has 8 heteroatoms. The van der Waals surface area contributed by atoms with E-state index in [4.69, 9.17) is 5.11 Å². The number of ether oxygens (including phenoxy) is 1. The van der Waals surface area contributed by atoms with Gasteiger partial charge in [0.1, 0.15) is 11.8 Å². The zero-order valence-electron chi connectivity index (χ0n) is 11.1. The Morgan fingerprint density at radius 1 is 1.38 bits per heavy atom. The van der Waals surface area contributed by atoms with E-state index in [0.717, 1.165) is 5.56 Å². The van der Waals surface area contributed by atoms with Crippen LogP contribution >= 0.6 is 0 Å². The summed E-state index contributed by atoms with van der Waals surface area (Å²) in [4.78, 5) is 12.9. The van der Waals surface area contributed by atoms with Crippen LogP contribution in [0.3, 0.4) is 0 Å². The molecule has 21 heavy (non-hydrogen) atoms. The van der Waals surface area contributed by atoms with E-state index < -0.39 is 18.4 Å². The molecule has 1 aliphatic rings. The molecular formula is C13H15F3N2O3. The summed E-state index contributed by atoms with van der Waals surface area (Å²) >= 11 is 0. The molecule has 116 valence electrons. The SMILES string of the molecule is O=C(O)C1CNCCN1Cc1ccc(OC(F)(F)F)cc1. The summed E-state index contributed by atoms with van der Waals surface area (Å²) in [7, 11) is 0. The average Bonchev–Trinajstić information content (AvgIpc) is 2.40. The Hall–Kier alpha value is -1.80. The van der Waals surface area contributed by atoms with Gasteiger partial charge in [-0.2, -0.15) is 0 Å². The van der Waals surface area contributed by atoms with Gasteiger partial charge in [-0.3, -0.25) is 9.69 Å². The van der Waals surface area contributed by atoms with E-state index in [2.05, 4.69) is 10.1 Å². The summed E-state index contributed by atoms with van der Waals surface area (Å²) in [5.41, 5.74) is 0.734. The molecule has 2 N–H and O–H groups in total. The summed E-state index contributed by atoms with van der Waals surface area (Å²) in [6, 6.07) is 4.82. The first kappa shape index (κ1) is 15.6. The quantitative estimate of drug-likeness (QED) is 0.881. The highest BCUT2D eigenvalue weighted by Crippen LogP contribution is 2.23. The molecule has 1 unspecified atom stereocenters. The number of benzene rings is 1. The lowest BCUT2D eigenvalue weighted by molar-refractivity contribution is -0.274. The molecule has 1 heterocycles. The zero-order valence-corrected chi connectivity index (χ0v) is 11.1. The molecule has 1 aromatic carbocycles. The second-order valence-corrected chi connectivity index (χ2v) is 4.72. The van der Waals surface area contributed by atoms with Crippen molar-refractivity contribution in [2.75, 3.05) is 19.6 Å². The summed E-state index contributed by atoms with van der Waals surface area (Å²) in [5, 5.41) is 12.1. The number of rotatable bonds is 4. The molecule has 0 radical (unpaired) electrons. The molecule has 0 bridgehead atoms. The molecule has 0 saturated carbocycles. The van der Waals surface area contributed by atoms with Crippen molar-refractivity contribution < 1.29 is 27.8 Å². The van der Waals surface area contributed by atoms with Crippen LogP contribution in [0.25, 0.3) is 0 Å². The number of halogens is 3. The summed E-state index contributed by atoms with van der Waals surface area (Å²) < 4.78 is 39.9. The summed E-state index contributed by atoms with van der Waals surface area (Å²) in [6.07, 6.45) is -4.71. The number of piperazine rings is 1. The Labute approximate surface area is 119 Å². The van der Waals surface area contributed by atoms with Crippen molar-refractivity contribution in [3.63, 3.8) is 0 Å². The van der Waals surface area contributed by atoms with Crippen LogP contribution in [0.5, 0.6) is 5.75 Å². The Morgan fingerprint density at radius 3 is 2.62 bits per heavy atom. The monoisotopic (exact) mass is 304 g/mol. The van der Waals surface area contributed by atoms with Gasteiger partial charge in [0.15, 0.2) is 0 Å². The highest BCUT2D eigenvalue weighted by atomic mass is 19.4. The molecule has 1 saturated heterocycles. The van der Waals surface area contributed by atoms with Gasteiger partial charge in [0, 0.05) is 26.2 Å². The van der Waals surface area contributed by atoms with Crippen molar-refractivity contribution >= 4 is 5.97 Å². The van der Waals surface area contributed by atoms with Gasteiger partial charge >= 0.3 is 12.3 Å². The van der Waals surface area contributed by atoms with Crippen LogP contribution in [0.15, 0.2) is 24.3 Å². The van der Waals surface area contributed by atoms with E-state index in [1.54, 1.807) is 4.90 Å². The fourth-order valence-corrected chi connectivity index (χ4v) is 2.21. The van der Waals surface area contributed by atoms with Crippen LogP contribution in [-0.2, 0) is 11.3 Å². The minimum atomic E-state index is -4.71. The second-order valence-electron chi connectivity index (χ2n) is 4.72. The maximum absolute atomic E-state index is 12.1. The predicted molar refractivity (Wildman–Crippen MR) is 67.8 cm³/mol. The normalized spacial score (nSPS) is 20.2. The maximum atomic E-state index is 12.1. The number of carbonyl (C=O) groups is 1. The van der Waals surface area contributed by atoms with E-state index in [0.29, 0.717) is 26.2 Å². The van der Waals surface area contributed by atoms with Crippen LogP contribution in [0.4, 0.5) is 13.2 Å². The minimum absolute atomic E-state index is 0.290. The number of carboxylic acids is 1. The van der Waals surface area contributed by atoms with Gasteiger partial charge in [0.2, 0.25) is 0 Å². The highest BCUT2D eigenvalue weighted by Gasteiger charge is 2.31. The Balaban J connectivity index is 2.00. The van der Waals surface area contributed by atoms with Gasteiger partial charge in [0.05, 0.1) is 0 Å². The zero-order chi connectivity index (χ0) is 15.5. The lowest BCUT2D eigenvalue weighted by Crippen LogP contribution is -2.54. The second kappa shape index (κ2) is 6.31. The minimum Gasteiger partial charge on any atom is -0.480 e. The van der Waals surface area contributed by atoms with Crippen LogP contribution in [0.2, 0.25) is 0 Å². The van der Waals surface area contributed by atoms with Crippen molar-refractivity contribution in [3.05, 3.63) is 29.8 Å². The Kier molecular flexibility index (Phi) is 4.69. The molecular weight excluding hydrogens is 289 g/mol. The fraction of sp³-hybridized carbons (Fsp3) is 0.462. The fourth-order valence-electron chi connectivity index (χ4n) is 2.21. The molecule has 1 aromatic rings. The van der Waals surface area contributed by atoms with Gasteiger partial charge in [-0.25, -0.2) is 0 Å². The molecule has 0 aliphatic carbocycles. The van der Waals surface area contributed by atoms with Gasteiger partial charge in [-0.15, -0.1) is 13.2 Å². The number of aliphatic carboxylic acids is 1. The van der Waals surface area contributed by atoms with Gasteiger partial charge in [-0.05, 0) is 17.7 Å². The summed E-state index contributed by atoms with van der Waals surface area (Å²) in [6.45, 7) is 1.96. The van der Waals surface area contributed by atoms with Gasteiger partial charge < -0.3 is 15.2 Å². The molecule has 0 aromatic heterocycles. The van der Waals surface area contributed by atoms with E-state index in [9.17, 15) is 18.0 Å². The third-order valence-corrected chi connectivity index (χ3v) is 3.18. The topological polar surface area (TPSA) is 61.8 Å². The van der Waals surface area contributed by atoms with Crippen LogP contribution in [-0.4, -0.2) is 48.0 Å². The molecule has 1 fully saturated rings. The first-order valence-corrected chi connectivity index (χ1v) is 6.37. The number of alkyl halides is 3. The largest absolute Gasteiger partial charge is 0.573 e. The first-order chi connectivity index (χ1) is 9.85. The lowest BCUT2D eigenvalue weighted by Gasteiger charge is -2.33. The number of nitrogens with zero attached hydrogens (tertiary/aromatic N) is 1. The first-order valence-electron chi connectivity index (χ1n) is 6.37. The standard InChI is InChI=1S/C13H15F3N2O3/c14-13(15,16)21-10-3-1-9(2-4-10)8-18-6-5-17-7-11(18)12(19)20/h1-4,11,17H,5-8H2,(H,19,20). The van der Waals surface area contributed by atoms with Crippen LogP contribution < -0.4 is 10.1 Å². The Morgan fingerprint density at radius 2 is 2.05 bits per heavy atom. The molecule has 1 aliphatic heterocycles. The van der Waals surface area contributed by atoms with E-state index >= 15 is 0 Å².